The SMILES string of the molecule is NC(=O)c1ccnc(N2CCC(C(=O)N3N=CC[C@H]3c3ccccc3)CC2)n1. The molecule has 2 aliphatic heterocycles. The highest BCUT2D eigenvalue weighted by molar-refractivity contribution is 5.90. The fraction of sp³-hybridized carbons (Fsp3) is 0.350. The van der Waals surface area contributed by atoms with Gasteiger partial charge in [-0.1, -0.05) is 30.3 Å². The molecule has 0 aliphatic carbocycles. The van der Waals surface area contributed by atoms with Gasteiger partial charge in [-0.2, -0.15) is 5.10 Å². The van der Waals surface area contributed by atoms with Gasteiger partial charge in [0.25, 0.3) is 5.91 Å². The van der Waals surface area contributed by atoms with Crippen LogP contribution < -0.4 is 10.6 Å². The molecule has 0 spiro atoms. The third-order valence-electron chi connectivity index (χ3n) is 5.26. The highest BCUT2D eigenvalue weighted by Gasteiger charge is 2.35. The van der Waals surface area contributed by atoms with Crippen LogP contribution in [0.2, 0.25) is 0 Å². The number of hydrogen-bond acceptors (Lipinski definition) is 6. The molecule has 1 aromatic carbocycles. The summed E-state index contributed by atoms with van der Waals surface area (Å²) >= 11 is 0. The van der Waals surface area contributed by atoms with E-state index < -0.39 is 5.91 Å². The molecule has 2 N–H and O–H groups in total. The Bertz CT molecular complexity index is 893. The molecule has 0 bridgehead atoms. The number of rotatable bonds is 4. The number of hydrogen-bond donors (Lipinski definition) is 1. The highest BCUT2D eigenvalue weighted by Crippen LogP contribution is 2.32. The Morgan fingerprint density at radius 3 is 2.54 bits per heavy atom. The molecule has 8 heteroatoms. The number of anilines is 1. The van der Waals surface area contributed by atoms with Crippen LogP contribution in [-0.2, 0) is 4.79 Å². The first kappa shape index (κ1) is 18.1. The highest BCUT2D eigenvalue weighted by atomic mass is 16.2. The van der Waals surface area contributed by atoms with Gasteiger partial charge in [0.05, 0.1) is 6.04 Å². The van der Waals surface area contributed by atoms with Gasteiger partial charge in [0.1, 0.15) is 5.69 Å². The molecule has 2 aliphatic rings. The van der Waals surface area contributed by atoms with Crippen molar-refractivity contribution in [2.24, 2.45) is 16.8 Å². The van der Waals surface area contributed by atoms with Crippen LogP contribution >= 0.6 is 0 Å². The Morgan fingerprint density at radius 1 is 1.07 bits per heavy atom. The van der Waals surface area contributed by atoms with Crippen molar-refractivity contribution in [3.8, 4) is 0 Å². The van der Waals surface area contributed by atoms with Crippen molar-refractivity contribution in [2.45, 2.75) is 25.3 Å². The van der Waals surface area contributed by atoms with Crippen LogP contribution in [-0.4, -0.2) is 46.1 Å². The van der Waals surface area contributed by atoms with Gasteiger partial charge in [0.15, 0.2) is 0 Å². The predicted octanol–water partition coefficient (Wildman–Crippen LogP) is 1.75. The standard InChI is InChI=1S/C20H22N6O2/c21-18(27)16-6-10-22-20(24-16)25-12-8-15(9-13-25)19(28)26-17(7-11-23-26)14-4-2-1-3-5-14/h1-6,10-11,15,17H,7-9,12-13H2,(H2,21,27)/t17-/m0/s1. The lowest BCUT2D eigenvalue weighted by Crippen LogP contribution is -2.41. The van der Waals surface area contributed by atoms with Crippen molar-refractivity contribution in [2.75, 3.05) is 18.0 Å². The number of nitrogens with two attached hydrogens (primary N) is 1. The lowest BCUT2D eigenvalue weighted by atomic mass is 9.94. The van der Waals surface area contributed by atoms with Gasteiger partial charge in [0.2, 0.25) is 11.9 Å². The molecule has 3 heterocycles. The zero-order valence-electron chi connectivity index (χ0n) is 15.4. The van der Waals surface area contributed by atoms with E-state index in [1.54, 1.807) is 5.01 Å². The van der Waals surface area contributed by atoms with Gasteiger partial charge in [0, 0.05) is 37.8 Å². The van der Waals surface area contributed by atoms with E-state index in [4.69, 9.17) is 5.73 Å². The van der Waals surface area contributed by atoms with Crippen LogP contribution in [0.3, 0.4) is 0 Å². The fourth-order valence-corrected chi connectivity index (χ4v) is 3.73. The number of amides is 2. The zero-order chi connectivity index (χ0) is 19.5. The van der Waals surface area contributed by atoms with Crippen LogP contribution in [0.15, 0.2) is 47.7 Å². The summed E-state index contributed by atoms with van der Waals surface area (Å²) in [7, 11) is 0. The number of benzene rings is 1. The zero-order valence-corrected chi connectivity index (χ0v) is 15.4. The van der Waals surface area contributed by atoms with E-state index in [1.807, 2.05) is 41.4 Å². The van der Waals surface area contributed by atoms with Crippen molar-refractivity contribution < 1.29 is 9.59 Å². The first-order valence-corrected chi connectivity index (χ1v) is 9.42. The maximum Gasteiger partial charge on any atom is 0.267 e. The van der Waals surface area contributed by atoms with Crippen LogP contribution in [0.25, 0.3) is 0 Å². The molecule has 28 heavy (non-hydrogen) atoms. The maximum atomic E-state index is 13.1. The summed E-state index contributed by atoms with van der Waals surface area (Å²) in [4.78, 5) is 34.8. The van der Waals surface area contributed by atoms with Gasteiger partial charge in [-0.3, -0.25) is 9.59 Å². The van der Waals surface area contributed by atoms with E-state index >= 15 is 0 Å². The molecule has 1 aromatic heterocycles. The first-order valence-electron chi connectivity index (χ1n) is 9.42. The van der Waals surface area contributed by atoms with Crippen molar-refractivity contribution in [1.82, 2.24) is 15.0 Å². The van der Waals surface area contributed by atoms with Crippen molar-refractivity contribution in [3.63, 3.8) is 0 Å². The maximum absolute atomic E-state index is 13.1. The Morgan fingerprint density at radius 2 is 1.82 bits per heavy atom. The average Bonchev–Trinajstić information content (AvgIpc) is 3.24. The molecule has 1 atom stereocenters. The van der Waals surface area contributed by atoms with Gasteiger partial charge in [-0.15, -0.1) is 0 Å². The lowest BCUT2D eigenvalue weighted by Gasteiger charge is -2.33. The first-order chi connectivity index (χ1) is 13.6. The van der Waals surface area contributed by atoms with E-state index in [9.17, 15) is 9.59 Å². The Labute approximate surface area is 163 Å². The summed E-state index contributed by atoms with van der Waals surface area (Å²) in [6.07, 6.45) is 5.46. The van der Waals surface area contributed by atoms with E-state index in [1.165, 1.54) is 12.3 Å². The van der Waals surface area contributed by atoms with Crippen LogP contribution in [0.5, 0.6) is 0 Å². The van der Waals surface area contributed by atoms with Gasteiger partial charge in [-0.05, 0) is 24.5 Å². The predicted molar refractivity (Wildman–Crippen MR) is 105 cm³/mol. The number of nitrogens with zero attached hydrogens (tertiary/aromatic N) is 5. The lowest BCUT2D eigenvalue weighted by molar-refractivity contribution is -0.138. The molecule has 8 nitrogen and oxygen atoms in total. The number of piperidine rings is 1. The minimum Gasteiger partial charge on any atom is -0.364 e. The second-order valence-corrected chi connectivity index (χ2v) is 7.01. The quantitative estimate of drug-likeness (QED) is 0.873. The van der Waals surface area contributed by atoms with E-state index in [0.717, 1.165) is 12.0 Å². The third-order valence-corrected chi connectivity index (χ3v) is 5.26. The van der Waals surface area contributed by atoms with E-state index in [-0.39, 0.29) is 23.6 Å². The number of primary amides is 1. The minimum atomic E-state index is -0.576. The molecule has 1 saturated heterocycles. The number of carbonyl (C=O) groups is 2. The van der Waals surface area contributed by atoms with Crippen molar-refractivity contribution >= 4 is 24.0 Å². The average molecular weight is 378 g/mol. The summed E-state index contributed by atoms with van der Waals surface area (Å²) in [5.74, 6) is -0.123. The summed E-state index contributed by atoms with van der Waals surface area (Å²) in [5.41, 5.74) is 6.59. The molecule has 0 radical (unpaired) electrons. The molecular weight excluding hydrogens is 356 g/mol. The van der Waals surface area contributed by atoms with Crippen molar-refractivity contribution in [1.29, 1.82) is 0 Å². The van der Waals surface area contributed by atoms with Crippen LogP contribution in [0.4, 0.5) is 5.95 Å². The van der Waals surface area contributed by atoms with E-state index in [2.05, 4.69) is 15.1 Å². The Balaban J connectivity index is 1.41. The molecule has 2 amide bonds. The third kappa shape index (κ3) is 3.58. The molecule has 1 fully saturated rings. The second kappa shape index (κ2) is 7.75. The topological polar surface area (TPSA) is 105 Å². The van der Waals surface area contributed by atoms with Crippen LogP contribution in [0, 0.1) is 5.92 Å². The molecule has 0 saturated carbocycles. The van der Waals surface area contributed by atoms with E-state index in [0.29, 0.717) is 31.9 Å². The summed E-state index contributed by atoms with van der Waals surface area (Å²) in [6.45, 7) is 1.29. The number of aromatic nitrogens is 2. The summed E-state index contributed by atoms with van der Waals surface area (Å²) < 4.78 is 0. The minimum absolute atomic E-state index is 0.0256. The second-order valence-electron chi connectivity index (χ2n) is 7.01. The van der Waals surface area contributed by atoms with Gasteiger partial charge < -0.3 is 10.6 Å². The monoisotopic (exact) mass is 378 g/mol. The molecular formula is C20H22N6O2. The van der Waals surface area contributed by atoms with Crippen LogP contribution in [0.1, 0.15) is 41.4 Å². The van der Waals surface area contributed by atoms with Crippen molar-refractivity contribution in [3.05, 3.63) is 53.9 Å². The Kier molecular flexibility index (Phi) is 5.01. The van der Waals surface area contributed by atoms with Gasteiger partial charge in [-0.25, -0.2) is 15.0 Å². The number of carbonyl (C=O) groups excluding carboxylic acids is 2. The smallest absolute Gasteiger partial charge is 0.267 e. The molecule has 144 valence electrons. The molecule has 4 rings (SSSR count). The summed E-state index contributed by atoms with van der Waals surface area (Å²) in [6, 6.07) is 11.5. The summed E-state index contributed by atoms with van der Waals surface area (Å²) in [5, 5.41) is 5.98. The molecule has 2 aromatic rings. The Hall–Kier alpha value is -3.29. The largest absolute Gasteiger partial charge is 0.364 e. The fourth-order valence-electron chi connectivity index (χ4n) is 3.73. The number of hydrazone groups is 1. The van der Waals surface area contributed by atoms with Gasteiger partial charge >= 0.3 is 0 Å². The normalized spacial score (nSPS) is 19.8. The molecule has 0 unspecified atom stereocenters.